The van der Waals surface area contributed by atoms with Gasteiger partial charge >= 0.3 is 0 Å². The van der Waals surface area contributed by atoms with E-state index in [4.69, 9.17) is 11.6 Å². The highest BCUT2D eigenvalue weighted by molar-refractivity contribution is 6.30. The zero-order valence-corrected chi connectivity index (χ0v) is 10.5. The molecule has 0 atom stereocenters. The third-order valence-corrected chi connectivity index (χ3v) is 2.94. The van der Waals surface area contributed by atoms with Crippen molar-refractivity contribution < 1.29 is 4.79 Å². The van der Waals surface area contributed by atoms with Gasteiger partial charge in [-0.15, -0.1) is 0 Å². The zero-order valence-electron chi connectivity index (χ0n) is 9.77. The fourth-order valence-corrected chi connectivity index (χ4v) is 1.97. The molecule has 3 nitrogen and oxygen atoms in total. The molecule has 0 amide bonds. The van der Waals surface area contributed by atoms with Crippen LogP contribution in [0.3, 0.4) is 0 Å². The SMILES string of the molecule is CC(=O)c1cnn(Cc2cccc(Cl)c2)c1C. The predicted molar refractivity (Wildman–Crippen MR) is 67.5 cm³/mol. The van der Waals surface area contributed by atoms with Crippen LogP contribution in [0.15, 0.2) is 30.5 Å². The van der Waals surface area contributed by atoms with Gasteiger partial charge in [0.15, 0.2) is 5.78 Å². The number of hydrogen-bond acceptors (Lipinski definition) is 2. The Labute approximate surface area is 105 Å². The summed E-state index contributed by atoms with van der Waals surface area (Å²) in [5.41, 5.74) is 2.63. The summed E-state index contributed by atoms with van der Waals surface area (Å²) in [6.45, 7) is 4.07. The average Bonchev–Trinajstić information content (AvgIpc) is 2.61. The Morgan fingerprint density at radius 1 is 1.47 bits per heavy atom. The van der Waals surface area contributed by atoms with Crippen LogP contribution in [-0.4, -0.2) is 15.6 Å². The lowest BCUT2D eigenvalue weighted by Crippen LogP contribution is -2.05. The van der Waals surface area contributed by atoms with Gasteiger partial charge < -0.3 is 0 Å². The molecule has 0 fully saturated rings. The molecule has 17 heavy (non-hydrogen) atoms. The van der Waals surface area contributed by atoms with Crippen LogP contribution in [0.1, 0.15) is 28.5 Å². The zero-order chi connectivity index (χ0) is 12.4. The summed E-state index contributed by atoms with van der Waals surface area (Å²) in [5.74, 6) is 0.0415. The molecule has 0 N–H and O–H groups in total. The fraction of sp³-hybridized carbons (Fsp3) is 0.231. The predicted octanol–water partition coefficient (Wildman–Crippen LogP) is 3.10. The van der Waals surface area contributed by atoms with E-state index in [-0.39, 0.29) is 5.78 Å². The van der Waals surface area contributed by atoms with Crippen LogP contribution < -0.4 is 0 Å². The maximum absolute atomic E-state index is 11.3. The molecule has 88 valence electrons. The minimum atomic E-state index is 0.0415. The fourth-order valence-electron chi connectivity index (χ4n) is 1.76. The molecule has 0 saturated carbocycles. The third kappa shape index (κ3) is 2.56. The molecule has 0 saturated heterocycles. The van der Waals surface area contributed by atoms with Crippen LogP contribution in [0, 0.1) is 6.92 Å². The van der Waals surface area contributed by atoms with E-state index in [1.807, 2.05) is 35.9 Å². The lowest BCUT2D eigenvalue weighted by molar-refractivity contribution is 0.101. The highest BCUT2D eigenvalue weighted by atomic mass is 35.5. The Morgan fingerprint density at radius 2 is 2.24 bits per heavy atom. The molecular weight excluding hydrogens is 236 g/mol. The summed E-state index contributed by atoms with van der Waals surface area (Å²) in [5, 5.41) is 4.92. The van der Waals surface area contributed by atoms with Crippen LogP contribution in [0.4, 0.5) is 0 Å². The topological polar surface area (TPSA) is 34.9 Å². The molecule has 0 spiro atoms. The van der Waals surface area contributed by atoms with Gasteiger partial charge in [-0.05, 0) is 31.5 Å². The lowest BCUT2D eigenvalue weighted by Gasteiger charge is -2.05. The molecule has 1 aromatic carbocycles. The van der Waals surface area contributed by atoms with Crippen molar-refractivity contribution >= 4 is 17.4 Å². The minimum Gasteiger partial charge on any atom is -0.294 e. The molecule has 2 aromatic rings. The van der Waals surface area contributed by atoms with Crippen LogP contribution >= 0.6 is 11.6 Å². The van der Waals surface area contributed by atoms with Crippen LogP contribution in [0.2, 0.25) is 5.02 Å². The molecule has 0 bridgehead atoms. The van der Waals surface area contributed by atoms with Gasteiger partial charge in [0.25, 0.3) is 0 Å². The van der Waals surface area contributed by atoms with Crippen molar-refractivity contribution in [3.63, 3.8) is 0 Å². The molecule has 0 aliphatic carbocycles. The number of halogens is 1. The summed E-state index contributed by atoms with van der Waals surface area (Å²) >= 11 is 5.92. The van der Waals surface area contributed by atoms with E-state index in [9.17, 15) is 4.79 Å². The van der Waals surface area contributed by atoms with Gasteiger partial charge in [-0.1, -0.05) is 23.7 Å². The Hall–Kier alpha value is -1.61. The summed E-state index contributed by atoms with van der Waals surface area (Å²) < 4.78 is 1.81. The monoisotopic (exact) mass is 248 g/mol. The van der Waals surface area contributed by atoms with Crippen molar-refractivity contribution in [1.82, 2.24) is 9.78 Å². The van der Waals surface area contributed by atoms with Gasteiger partial charge in [0.05, 0.1) is 18.3 Å². The number of rotatable bonds is 3. The quantitative estimate of drug-likeness (QED) is 0.783. The first-order chi connectivity index (χ1) is 8.08. The van der Waals surface area contributed by atoms with Gasteiger partial charge in [-0.25, -0.2) is 0 Å². The minimum absolute atomic E-state index is 0.0415. The van der Waals surface area contributed by atoms with E-state index in [0.29, 0.717) is 17.1 Å². The van der Waals surface area contributed by atoms with Gasteiger partial charge in [-0.2, -0.15) is 5.10 Å². The standard InChI is InChI=1S/C13H13ClN2O/c1-9-13(10(2)17)7-15-16(9)8-11-4-3-5-12(14)6-11/h3-7H,8H2,1-2H3. The van der Waals surface area contributed by atoms with E-state index in [2.05, 4.69) is 5.10 Å². The first-order valence-electron chi connectivity index (χ1n) is 5.35. The summed E-state index contributed by atoms with van der Waals surface area (Å²) in [6.07, 6.45) is 1.61. The van der Waals surface area contributed by atoms with E-state index >= 15 is 0 Å². The Kier molecular flexibility index (Phi) is 3.29. The molecule has 0 aliphatic rings. The molecule has 2 rings (SSSR count). The molecule has 1 heterocycles. The number of carbonyl (C=O) groups excluding carboxylic acids is 1. The number of ketones is 1. The van der Waals surface area contributed by atoms with Gasteiger partial charge in [-0.3, -0.25) is 9.48 Å². The van der Waals surface area contributed by atoms with Crippen LogP contribution in [0.5, 0.6) is 0 Å². The van der Waals surface area contributed by atoms with Crippen molar-refractivity contribution in [2.75, 3.05) is 0 Å². The second-order valence-electron chi connectivity index (χ2n) is 3.99. The molecule has 0 aliphatic heterocycles. The Morgan fingerprint density at radius 3 is 2.82 bits per heavy atom. The summed E-state index contributed by atoms with van der Waals surface area (Å²) in [7, 11) is 0. The number of carbonyl (C=O) groups is 1. The number of nitrogens with zero attached hydrogens (tertiary/aromatic N) is 2. The van der Waals surface area contributed by atoms with E-state index in [1.54, 1.807) is 13.1 Å². The molecular formula is C13H13ClN2O. The highest BCUT2D eigenvalue weighted by Gasteiger charge is 2.10. The normalized spacial score (nSPS) is 10.5. The summed E-state index contributed by atoms with van der Waals surface area (Å²) in [4.78, 5) is 11.3. The van der Waals surface area contributed by atoms with Crippen molar-refractivity contribution in [2.24, 2.45) is 0 Å². The second kappa shape index (κ2) is 4.72. The van der Waals surface area contributed by atoms with Crippen molar-refractivity contribution in [1.29, 1.82) is 0 Å². The lowest BCUT2D eigenvalue weighted by atomic mass is 10.2. The van der Waals surface area contributed by atoms with Crippen molar-refractivity contribution in [3.05, 3.63) is 52.3 Å². The third-order valence-electron chi connectivity index (χ3n) is 2.70. The van der Waals surface area contributed by atoms with Crippen LogP contribution in [-0.2, 0) is 6.54 Å². The van der Waals surface area contributed by atoms with E-state index in [1.165, 1.54) is 0 Å². The van der Waals surface area contributed by atoms with Gasteiger partial charge in [0, 0.05) is 10.7 Å². The van der Waals surface area contributed by atoms with Crippen molar-refractivity contribution in [3.8, 4) is 0 Å². The molecule has 0 unspecified atom stereocenters. The largest absolute Gasteiger partial charge is 0.294 e. The molecule has 1 aromatic heterocycles. The first kappa shape index (κ1) is 11.9. The van der Waals surface area contributed by atoms with Gasteiger partial charge in [0.2, 0.25) is 0 Å². The van der Waals surface area contributed by atoms with Crippen LogP contribution in [0.25, 0.3) is 0 Å². The van der Waals surface area contributed by atoms with E-state index < -0.39 is 0 Å². The molecule has 0 radical (unpaired) electrons. The maximum atomic E-state index is 11.3. The maximum Gasteiger partial charge on any atom is 0.163 e. The van der Waals surface area contributed by atoms with Crippen molar-refractivity contribution in [2.45, 2.75) is 20.4 Å². The second-order valence-corrected chi connectivity index (χ2v) is 4.42. The van der Waals surface area contributed by atoms with Gasteiger partial charge in [0.1, 0.15) is 0 Å². The highest BCUT2D eigenvalue weighted by Crippen LogP contribution is 2.14. The Bertz CT molecular complexity index is 560. The Balaban J connectivity index is 2.28. The number of hydrogen-bond donors (Lipinski definition) is 0. The number of Topliss-reactive ketones (excluding diaryl/α,β-unsaturated/α-hetero) is 1. The average molecular weight is 249 g/mol. The first-order valence-corrected chi connectivity index (χ1v) is 5.73. The number of benzene rings is 1. The van der Waals surface area contributed by atoms with E-state index in [0.717, 1.165) is 11.3 Å². The molecule has 4 heteroatoms. The smallest absolute Gasteiger partial charge is 0.163 e. The summed E-state index contributed by atoms with van der Waals surface area (Å²) in [6, 6.07) is 7.63. The number of aromatic nitrogens is 2.